The smallest absolute Gasteiger partial charge is 0.341 e. The Kier molecular flexibility index (Phi) is 5.22. The van der Waals surface area contributed by atoms with Gasteiger partial charge in [0.25, 0.3) is 0 Å². The first-order valence-corrected chi connectivity index (χ1v) is 8.34. The molecule has 0 atom stereocenters. The summed E-state index contributed by atoms with van der Waals surface area (Å²) in [6.07, 6.45) is 0. The highest BCUT2D eigenvalue weighted by atomic mass is 16.5. The van der Waals surface area contributed by atoms with Gasteiger partial charge in [-0.2, -0.15) is 0 Å². The Morgan fingerprint density at radius 2 is 1.15 bits per heavy atom. The zero-order chi connectivity index (χ0) is 19.3. The molecule has 27 heavy (non-hydrogen) atoms. The van der Waals surface area contributed by atoms with E-state index in [1.807, 2.05) is 12.1 Å². The van der Waals surface area contributed by atoms with E-state index in [-0.39, 0.29) is 0 Å². The Hall–Kier alpha value is -3.60. The first-order chi connectivity index (χ1) is 13.0. The first kappa shape index (κ1) is 18.2. The lowest BCUT2D eigenvalue weighted by Gasteiger charge is -2.31. The third-order valence-electron chi connectivity index (χ3n) is 4.38. The molecule has 0 amide bonds. The topological polar surface area (TPSA) is 83.8 Å². The van der Waals surface area contributed by atoms with Gasteiger partial charge in [-0.25, -0.2) is 4.79 Å². The Labute approximate surface area is 156 Å². The number of carbonyl (C=O) groups is 2. The quantitative estimate of drug-likeness (QED) is 0.628. The minimum absolute atomic E-state index is 0.363. The van der Waals surface area contributed by atoms with Crippen molar-refractivity contribution in [1.29, 1.82) is 0 Å². The van der Waals surface area contributed by atoms with Gasteiger partial charge < -0.3 is 14.9 Å². The van der Waals surface area contributed by atoms with Gasteiger partial charge in [0, 0.05) is 0 Å². The number of aliphatic carboxylic acids is 2. The van der Waals surface area contributed by atoms with Crippen LogP contribution in [0, 0.1) is 0 Å². The molecule has 3 aromatic carbocycles. The van der Waals surface area contributed by atoms with E-state index in [9.17, 15) is 14.7 Å². The van der Waals surface area contributed by atoms with Crippen molar-refractivity contribution in [1.82, 2.24) is 0 Å². The van der Waals surface area contributed by atoms with Crippen LogP contribution in [0.3, 0.4) is 0 Å². The average molecular weight is 362 g/mol. The molecule has 2 N–H and O–H groups in total. The monoisotopic (exact) mass is 362 g/mol. The van der Waals surface area contributed by atoms with Crippen LogP contribution in [0.25, 0.3) is 0 Å². The Morgan fingerprint density at radius 3 is 1.56 bits per heavy atom. The van der Waals surface area contributed by atoms with Crippen molar-refractivity contribution in [3.63, 3.8) is 0 Å². The summed E-state index contributed by atoms with van der Waals surface area (Å²) in [6, 6.07) is 24.5. The molecule has 5 nitrogen and oxygen atoms in total. The van der Waals surface area contributed by atoms with Crippen LogP contribution in [0.15, 0.2) is 84.9 Å². The van der Waals surface area contributed by atoms with Crippen LogP contribution in [0.4, 0.5) is 0 Å². The zero-order valence-corrected chi connectivity index (χ0v) is 14.4. The van der Waals surface area contributed by atoms with E-state index in [4.69, 9.17) is 9.84 Å². The molecular formula is C22H18O5. The summed E-state index contributed by atoms with van der Waals surface area (Å²) in [6.45, 7) is -0.458. The molecule has 3 aromatic rings. The molecule has 0 spiro atoms. The van der Waals surface area contributed by atoms with Crippen molar-refractivity contribution in [3.8, 4) is 5.75 Å². The summed E-state index contributed by atoms with van der Waals surface area (Å²) in [4.78, 5) is 23.3. The molecule has 0 radical (unpaired) electrons. The molecule has 3 rings (SSSR count). The lowest BCUT2D eigenvalue weighted by molar-refractivity contribution is -0.141. The Bertz CT molecular complexity index is 878. The normalized spacial score (nSPS) is 11.0. The van der Waals surface area contributed by atoms with E-state index in [0.29, 0.717) is 22.4 Å². The summed E-state index contributed by atoms with van der Waals surface area (Å²) in [5.74, 6) is -1.71. The number of hydrogen-bond acceptors (Lipinski definition) is 3. The molecule has 0 aliphatic rings. The molecular weight excluding hydrogens is 344 g/mol. The Morgan fingerprint density at radius 1 is 0.704 bits per heavy atom. The Balaban J connectivity index is 2.16. The van der Waals surface area contributed by atoms with Gasteiger partial charge in [-0.1, -0.05) is 72.8 Å². The van der Waals surface area contributed by atoms with Gasteiger partial charge in [-0.05, 0) is 28.8 Å². The average Bonchev–Trinajstić information content (AvgIpc) is 2.69. The van der Waals surface area contributed by atoms with E-state index < -0.39 is 24.0 Å². The number of ether oxygens (including phenoxy) is 1. The molecule has 0 fully saturated rings. The fourth-order valence-electron chi connectivity index (χ4n) is 3.19. The maximum Gasteiger partial charge on any atom is 0.341 e. The second-order valence-electron chi connectivity index (χ2n) is 5.99. The first-order valence-electron chi connectivity index (χ1n) is 8.34. The third-order valence-corrected chi connectivity index (χ3v) is 4.38. The van der Waals surface area contributed by atoms with Crippen molar-refractivity contribution in [2.75, 3.05) is 6.61 Å². The molecule has 0 unspecified atom stereocenters. The summed E-state index contributed by atoms with van der Waals surface area (Å²) in [5, 5.41) is 19.0. The second-order valence-corrected chi connectivity index (χ2v) is 5.99. The second kappa shape index (κ2) is 7.74. The maximum absolute atomic E-state index is 12.6. The van der Waals surface area contributed by atoms with E-state index in [1.54, 1.807) is 72.8 Å². The van der Waals surface area contributed by atoms with E-state index in [0.717, 1.165) is 0 Å². The van der Waals surface area contributed by atoms with E-state index in [2.05, 4.69) is 0 Å². The van der Waals surface area contributed by atoms with Crippen molar-refractivity contribution < 1.29 is 24.5 Å². The molecule has 136 valence electrons. The van der Waals surface area contributed by atoms with Crippen LogP contribution in [0.2, 0.25) is 0 Å². The zero-order valence-electron chi connectivity index (χ0n) is 14.4. The molecule has 0 bridgehead atoms. The van der Waals surface area contributed by atoms with Gasteiger partial charge in [0.2, 0.25) is 0 Å². The summed E-state index contributed by atoms with van der Waals surface area (Å²) >= 11 is 0. The molecule has 0 aliphatic carbocycles. The highest BCUT2D eigenvalue weighted by Crippen LogP contribution is 2.40. The molecule has 0 heterocycles. The SMILES string of the molecule is O=C(O)COc1ccc(C(C(=O)O)(c2ccccc2)c2ccccc2)cc1. The highest BCUT2D eigenvalue weighted by Gasteiger charge is 2.44. The van der Waals surface area contributed by atoms with Crippen LogP contribution in [-0.4, -0.2) is 28.8 Å². The van der Waals surface area contributed by atoms with Crippen molar-refractivity contribution >= 4 is 11.9 Å². The minimum Gasteiger partial charge on any atom is -0.482 e. The number of carboxylic acids is 2. The van der Waals surface area contributed by atoms with Crippen LogP contribution in [-0.2, 0) is 15.0 Å². The fraction of sp³-hybridized carbons (Fsp3) is 0.0909. The standard InChI is InChI=1S/C22H18O5/c23-20(24)15-27-19-13-11-18(12-14-19)22(21(25)26,16-7-3-1-4-8-16)17-9-5-2-6-10-17/h1-14H,15H2,(H,23,24)(H,25,26). The summed E-state index contributed by atoms with van der Waals surface area (Å²) in [5.41, 5.74) is 0.411. The third kappa shape index (κ3) is 3.53. The number of carboxylic acid groups (broad SMARTS) is 2. The highest BCUT2D eigenvalue weighted by molar-refractivity contribution is 5.90. The van der Waals surface area contributed by atoms with Gasteiger partial charge in [0.15, 0.2) is 6.61 Å². The molecule has 0 saturated carbocycles. The van der Waals surface area contributed by atoms with Gasteiger partial charge in [0.05, 0.1) is 0 Å². The van der Waals surface area contributed by atoms with E-state index in [1.165, 1.54) is 0 Å². The number of rotatable bonds is 7. The van der Waals surface area contributed by atoms with Crippen LogP contribution >= 0.6 is 0 Å². The van der Waals surface area contributed by atoms with Gasteiger partial charge in [-0.3, -0.25) is 4.79 Å². The molecule has 5 heteroatoms. The summed E-state index contributed by atoms with van der Waals surface area (Å²) < 4.78 is 5.16. The van der Waals surface area contributed by atoms with Gasteiger partial charge in [0.1, 0.15) is 11.2 Å². The van der Waals surface area contributed by atoms with E-state index >= 15 is 0 Å². The maximum atomic E-state index is 12.6. The lowest BCUT2D eigenvalue weighted by Crippen LogP contribution is -2.38. The van der Waals surface area contributed by atoms with Crippen LogP contribution in [0.5, 0.6) is 5.75 Å². The van der Waals surface area contributed by atoms with Crippen LogP contribution in [0.1, 0.15) is 16.7 Å². The number of benzene rings is 3. The molecule has 0 aromatic heterocycles. The summed E-state index contributed by atoms with van der Waals surface area (Å²) in [7, 11) is 0. The largest absolute Gasteiger partial charge is 0.482 e. The van der Waals surface area contributed by atoms with Crippen molar-refractivity contribution in [2.24, 2.45) is 0 Å². The minimum atomic E-state index is -1.39. The van der Waals surface area contributed by atoms with Crippen molar-refractivity contribution in [3.05, 3.63) is 102 Å². The predicted octanol–water partition coefficient (Wildman–Crippen LogP) is 3.57. The van der Waals surface area contributed by atoms with Crippen molar-refractivity contribution in [2.45, 2.75) is 5.41 Å². The number of hydrogen-bond donors (Lipinski definition) is 2. The molecule has 0 saturated heterocycles. The lowest BCUT2D eigenvalue weighted by atomic mass is 9.69. The molecule has 0 aliphatic heterocycles. The fourth-order valence-corrected chi connectivity index (χ4v) is 3.19. The van der Waals surface area contributed by atoms with Gasteiger partial charge in [-0.15, -0.1) is 0 Å². The predicted molar refractivity (Wildman–Crippen MR) is 100.0 cm³/mol. The van der Waals surface area contributed by atoms with Crippen LogP contribution < -0.4 is 4.74 Å². The van der Waals surface area contributed by atoms with Gasteiger partial charge >= 0.3 is 11.9 Å².